The van der Waals surface area contributed by atoms with Crippen molar-refractivity contribution in [3.63, 3.8) is 0 Å². The molecule has 1 aromatic rings. The fourth-order valence-corrected chi connectivity index (χ4v) is 0.805. The number of rotatable bonds is 2. The van der Waals surface area contributed by atoms with Gasteiger partial charge in [-0.15, -0.1) is 0 Å². The van der Waals surface area contributed by atoms with Crippen LogP contribution in [-0.2, 0) is 6.42 Å². The van der Waals surface area contributed by atoms with E-state index in [2.05, 4.69) is 4.98 Å². The molecule has 3 nitrogen and oxygen atoms in total. The molecule has 50 valence electrons. The maximum Gasteiger partial charge on any atom is 0.110 e. The monoisotopic (exact) mass is 145 g/mol. The summed E-state index contributed by atoms with van der Waals surface area (Å²) in [6.07, 6.45) is 4.04. The van der Waals surface area contributed by atoms with E-state index in [0.717, 1.165) is 12.1 Å². The Bertz CT molecular complexity index is 184. The average Bonchev–Trinajstić information content (AvgIpc) is 2.18. The first kappa shape index (κ1) is 6.58. The van der Waals surface area contributed by atoms with Crippen molar-refractivity contribution in [2.75, 3.05) is 6.54 Å². The van der Waals surface area contributed by atoms with Gasteiger partial charge in [-0.05, 0) is 6.54 Å². The smallest absolute Gasteiger partial charge is 0.110 e. The molecule has 0 radical (unpaired) electrons. The van der Waals surface area contributed by atoms with Crippen molar-refractivity contribution in [3.8, 4) is 0 Å². The minimum atomic E-state index is 0.610. The zero-order valence-corrected chi connectivity index (χ0v) is 5.67. The lowest BCUT2D eigenvalue weighted by Gasteiger charge is -1.93. The first-order valence-corrected chi connectivity index (χ1v) is 3.06. The lowest BCUT2D eigenvalue weighted by Crippen LogP contribution is -2.04. The number of nitrogens with two attached hydrogens (primary N) is 1. The number of halogens is 1. The molecule has 0 saturated carbocycles. The van der Waals surface area contributed by atoms with Crippen molar-refractivity contribution in [1.29, 1.82) is 0 Å². The van der Waals surface area contributed by atoms with Gasteiger partial charge in [-0.3, -0.25) is 0 Å². The Morgan fingerprint density at radius 2 is 2.56 bits per heavy atom. The molecule has 0 fully saturated rings. The van der Waals surface area contributed by atoms with Crippen molar-refractivity contribution in [1.82, 2.24) is 9.07 Å². The Labute approximate surface area is 58.6 Å². The lowest BCUT2D eigenvalue weighted by atomic mass is 10.3. The molecule has 0 aliphatic carbocycles. The number of hydrogen-bond acceptors (Lipinski definition) is 2. The van der Waals surface area contributed by atoms with E-state index in [1.54, 1.807) is 12.5 Å². The molecule has 0 spiro atoms. The van der Waals surface area contributed by atoms with Crippen LogP contribution in [0.4, 0.5) is 0 Å². The fraction of sp³-hybridized carbons (Fsp3) is 0.400. The van der Waals surface area contributed by atoms with Gasteiger partial charge in [-0.2, -0.15) is 0 Å². The summed E-state index contributed by atoms with van der Waals surface area (Å²) in [6.45, 7) is 0.610. The minimum absolute atomic E-state index is 0.610. The molecule has 0 unspecified atom stereocenters. The van der Waals surface area contributed by atoms with E-state index in [1.807, 2.05) is 0 Å². The molecule has 0 saturated heterocycles. The van der Waals surface area contributed by atoms with Crippen LogP contribution in [0.25, 0.3) is 0 Å². The van der Waals surface area contributed by atoms with Crippen LogP contribution in [0.1, 0.15) is 5.69 Å². The molecule has 0 aliphatic heterocycles. The molecule has 0 bridgehead atoms. The van der Waals surface area contributed by atoms with Crippen LogP contribution in [0.5, 0.6) is 0 Å². The van der Waals surface area contributed by atoms with Crippen LogP contribution >= 0.6 is 11.8 Å². The Morgan fingerprint density at radius 3 is 3.00 bits per heavy atom. The molecular formula is C5H8ClN3. The molecule has 0 atom stereocenters. The molecule has 0 amide bonds. The highest BCUT2D eigenvalue weighted by molar-refractivity contribution is 6.15. The molecular weight excluding hydrogens is 138 g/mol. The number of aromatic nitrogens is 2. The topological polar surface area (TPSA) is 43.8 Å². The zero-order valence-electron chi connectivity index (χ0n) is 4.92. The summed E-state index contributed by atoms with van der Waals surface area (Å²) in [7, 11) is 0. The Kier molecular flexibility index (Phi) is 2.08. The van der Waals surface area contributed by atoms with E-state index in [-0.39, 0.29) is 0 Å². The maximum atomic E-state index is 5.62. The number of hydrogen-bond donors (Lipinski definition) is 1. The van der Waals surface area contributed by atoms with Crippen LogP contribution < -0.4 is 5.73 Å². The zero-order chi connectivity index (χ0) is 6.69. The van der Waals surface area contributed by atoms with Crippen LogP contribution in [-0.4, -0.2) is 15.6 Å². The van der Waals surface area contributed by atoms with Crippen LogP contribution in [0.3, 0.4) is 0 Å². The first-order valence-electron chi connectivity index (χ1n) is 2.72. The second kappa shape index (κ2) is 2.85. The number of imidazole rings is 1. The van der Waals surface area contributed by atoms with Gasteiger partial charge >= 0.3 is 0 Å². The Hall–Kier alpha value is -0.540. The summed E-state index contributed by atoms with van der Waals surface area (Å²) in [4.78, 5) is 3.82. The number of nitrogens with zero attached hydrogens (tertiary/aromatic N) is 2. The predicted molar refractivity (Wildman–Crippen MR) is 36.2 cm³/mol. The predicted octanol–water partition coefficient (Wildman–Crippen LogP) is 0.386. The van der Waals surface area contributed by atoms with Crippen molar-refractivity contribution >= 4 is 11.8 Å². The molecule has 0 aromatic carbocycles. The summed E-state index contributed by atoms with van der Waals surface area (Å²) in [5.74, 6) is 0. The highest BCUT2D eigenvalue weighted by Crippen LogP contribution is 1.99. The largest absolute Gasteiger partial charge is 0.330 e. The molecule has 0 aliphatic rings. The van der Waals surface area contributed by atoms with Gasteiger partial charge in [-0.1, -0.05) is 0 Å². The highest BCUT2D eigenvalue weighted by Gasteiger charge is 1.95. The Morgan fingerprint density at radius 1 is 1.78 bits per heavy atom. The average molecular weight is 146 g/mol. The van der Waals surface area contributed by atoms with Crippen LogP contribution in [0, 0.1) is 0 Å². The molecule has 2 N–H and O–H groups in total. The van der Waals surface area contributed by atoms with Gasteiger partial charge in [0.1, 0.15) is 6.33 Å². The molecule has 1 rings (SSSR count). The summed E-state index contributed by atoms with van der Waals surface area (Å²) < 4.78 is 1.45. The summed E-state index contributed by atoms with van der Waals surface area (Å²) in [5, 5.41) is 0. The third-order valence-corrected chi connectivity index (χ3v) is 1.37. The van der Waals surface area contributed by atoms with Gasteiger partial charge in [0.15, 0.2) is 0 Å². The van der Waals surface area contributed by atoms with Crippen molar-refractivity contribution in [3.05, 3.63) is 18.2 Å². The van der Waals surface area contributed by atoms with Gasteiger partial charge < -0.3 is 5.73 Å². The molecule has 1 aromatic heterocycles. The van der Waals surface area contributed by atoms with Gasteiger partial charge in [0.05, 0.1) is 5.69 Å². The third kappa shape index (κ3) is 1.43. The van der Waals surface area contributed by atoms with E-state index in [0.29, 0.717) is 6.54 Å². The van der Waals surface area contributed by atoms with E-state index < -0.39 is 0 Å². The van der Waals surface area contributed by atoms with E-state index in [4.69, 9.17) is 17.5 Å². The van der Waals surface area contributed by atoms with E-state index in [9.17, 15) is 0 Å². The SMILES string of the molecule is NCCc1cncn1Cl. The van der Waals surface area contributed by atoms with Crippen molar-refractivity contribution in [2.24, 2.45) is 5.73 Å². The molecule has 9 heavy (non-hydrogen) atoms. The second-order valence-electron chi connectivity index (χ2n) is 1.73. The first-order chi connectivity index (χ1) is 4.34. The van der Waals surface area contributed by atoms with Crippen LogP contribution in [0.15, 0.2) is 12.5 Å². The third-order valence-electron chi connectivity index (χ3n) is 1.07. The Balaban J connectivity index is 2.69. The highest BCUT2D eigenvalue weighted by atomic mass is 35.5. The lowest BCUT2D eigenvalue weighted by molar-refractivity contribution is 0.914. The van der Waals surface area contributed by atoms with Gasteiger partial charge in [0.2, 0.25) is 0 Å². The standard InChI is InChI=1S/C5H8ClN3/c6-9-4-8-3-5(9)1-2-7/h3-4H,1-2,7H2. The van der Waals surface area contributed by atoms with Crippen molar-refractivity contribution < 1.29 is 0 Å². The van der Waals surface area contributed by atoms with Crippen molar-refractivity contribution in [2.45, 2.75) is 6.42 Å². The van der Waals surface area contributed by atoms with Crippen LogP contribution in [0.2, 0.25) is 0 Å². The molecule has 4 heteroatoms. The summed E-state index contributed by atoms with van der Waals surface area (Å²) in [5.41, 5.74) is 6.25. The summed E-state index contributed by atoms with van der Waals surface area (Å²) >= 11 is 5.62. The maximum absolute atomic E-state index is 5.62. The quantitative estimate of drug-likeness (QED) is 0.654. The minimum Gasteiger partial charge on any atom is -0.330 e. The van der Waals surface area contributed by atoms with E-state index >= 15 is 0 Å². The van der Waals surface area contributed by atoms with E-state index in [1.165, 1.54) is 4.09 Å². The van der Waals surface area contributed by atoms with Gasteiger partial charge in [0.25, 0.3) is 0 Å². The van der Waals surface area contributed by atoms with Gasteiger partial charge in [-0.25, -0.2) is 9.07 Å². The van der Waals surface area contributed by atoms with Gasteiger partial charge in [0, 0.05) is 24.4 Å². The normalized spacial score (nSPS) is 10.0. The second-order valence-corrected chi connectivity index (χ2v) is 2.10. The molecule has 1 heterocycles. The fourth-order valence-electron chi connectivity index (χ4n) is 0.626. The summed E-state index contributed by atoms with van der Waals surface area (Å²) in [6, 6.07) is 0.